The zero-order valence-corrected chi connectivity index (χ0v) is 18.6. The predicted octanol–water partition coefficient (Wildman–Crippen LogP) is 2.52. The number of nitrogens with one attached hydrogen (secondary N) is 1. The van der Waals surface area contributed by atoms with Crippen LogP contribution in [0.5, 0.6) is 0 Å². The lowest BCUT2D eigenvalue weighted by molar-refractivity contribution is -0.117. The maximum atomic E-state index is 12.8. The van der Waals surface area contributed by atoms with Crippen molar-refractivity contribution in [2.75, 3.05) is 51.3 Å². The van der Waals surface area contributed by atoms with Crippen molar-refractivity contribution in [2.24, 2.45) is 10.9 Å². The molecular weight excluding hydrogens is 455 g/mol. The van der Waals surface area contributed by atoms with Crippen molar-refractivity contribution in [3.05, 3.63) is 29.8 Å². The highest BCUT2D eigenvalue weighted by Gasteiger charge is 2.26. The second-order valence-corrected chi connectivity index (χ2v) is 7.00. The molecule has 7 heteroatoms. The van der Waals surface area contributed by atoms with Crippen LogP contribution >= 0.6 is 24.0 Å². The third kappa shape index (κ3) is 5.57. The van der Waals surface area contributed by atoms with E-state index in [0.717, 1.165) is 63.7 Å². The molecule has 1 saturated heterocycles. The van der Waals surface area contributed by atoms with E-state index in [0.29, 0.717) is 5.92 Å². The molecule has 2 aliphatic rings. The number of anilines is 1. The van der Waals surface area contributed by atoms with E-state index >= 15 is 0 Å². The van der Waals surface area contributed by atoms with Crippen LogP contribution in [0.2, 0.25) is 0 Å². The van der Waals surface area contributed by atoms with Gasteiger partial charge in [-0.05, 0) is 37.8 Å². The highest BCUT2D eigenvalue weighted by molar-refractivity contribution is 14.0. The number of hydrogen-bond donors (Lipinski definition) is 1. The molecule has 2 heterocycles. The third-order valence-corrected chi connectivity index (χ3v) is 5.10. The summed E-state index contributed by atoms with van der Waals surface area (Å²) in [5, 5.41) is 3.33. The molecule has 150 valence electrons. The summed E-state index contributed by atoms with van der Waals surface area (Å²) in [6.45, 7) is 6.48. The summed E-state index contributed by atoms with van der Waals surface area (Å²) >= 11 is 0. The van der Waals surface area contributed by atoms with E-state index in [1.54, 1.807) is 7.11 Å². The first-order valence-corrected chi connectivity index (χ1v) is 9.63. The molecule has 3 rings (SSSR count). The molecule has 0 saturated carbocycles. The fourth-order valence-corrected chi connectivity index (χ4v) is 3.84. The second kappa shape index (κ2) is 10.8. The number of halogens is 1. The topological polar surface area (TPSA) is 57.2 Å². The summed E-state index contributed by atoms with van der Waals surface area (Å²) < 4.78 is 5.28. The zero-order valence-electron chi connectivity index (χ0n) is 16.3. The van der Waals surface area contributed by atoms with Crippen LogP contribution < -0.4 is 10.2 Å². The number of nitrogens with zero attached hydrogens (tertiary/aromatic N) is 3. The molecule has 1 atom stereocenters. The Morgan fingerprint density at radius 1 is 1.33 bits per heavy atom. The molecule has 0 spiro atoms. The number of ether oxygens (including phenoxy) is 1. The first kappa shape index (κ1) is 21.9. The van der Waals surface area contributed by atoms with Crippen molar-refractivity contribution in [2.45, 2.75) is 26.2 Å². The standard InChI is InChI=1S/C20H30N4O2.HI/c1-3-21-20(23-12-10-16(14-23)15-26-2)22-13-19(25)24-11-6-8-17-7-4-5-9-18(17)24;/h4-5,7,9,16H,3,6,8,10-15H2,1-2H3,(H,21,22);1H. The fourth-order valence-electron chi connectivity index (χ4n) is 3.84. The Morgan fingerprint density at radius 3 is 2.93 bits per heavy atom. The van der Waals surface area contributed by atoms with Gasteiger partial charge in [-0.15, -0.1) is 24.0 Å². The number of methoxy groups -OCH3 is 1. The number of guanidine groups is 1. The molecule has 27 heavy (non-hydrogen) atoms. The fraction of sp³-hybridized carbons (Fsp3) is 0.600. The molecule has 6 nitrogen and oxygen atoms in total. The Kier molecular flexibility index (Phi) is 8.82. The number of para-hydroxylation sites is 1. The Bertz CT molecular complexity index is 653. The van der Waals surface area contributed by atoms with E-state index in [1.165, 1.54) is 5.56 Å². The second-order valence-electron chi connectivity index (χ2n) is 7.00. The molecule has 1 N–H and O–H groups in total. The smallest absolute Gasteiger partial charge is 0.248 e. The zero-order chi connectivity index (χ0) is 18.4. The summed E-state index contributed by atoms with van der Waals surface area (Å²) in [7, 11) is 1.75. The number of amides is 1. The summed E-state index contributed by atoms with van der Waals surface area (Å²) in [6.07, 6.45) is 3.16. The van der Waals surface area contributed by atoms with Crippen LogP contribution in [0.1, 0.15) is 25.3 Å². The number of fused-ring (bicyclic) bond motifs is 1. The SMILES string of the molecule is CCNC(=NCC(=O)N1CCCc2ccccc21)N1CCC(COC)C1.I. The first-order valence-electron chi connectivity index (χ1n) is 9.63. The largest absolute Gasteiger partial charge is 0.384 e. The Hall–Kier alpha value is -1.35. The summed E-state index contributed by atoms with van der Waals surface area (Å²) in [5.74, 6) is 1.44. The maximum absolute atomic E-state index is 12.8. The quantitative estimate of drug-likeness (QED) is 0.395. The van der Waals surface area contributed by atoms with E-state index in [4.69, 9.17) is 4.74 Å². The van der Waals surface area contributed by atoms with Gasteiger partial charge >= 0.3 is 0 Å². The molecule has 1 fully saturated rings. The Morgan fingerprint density at radius 2 is 2.15 bits per heavy atom. The number of hydrogen-bond acceptors (Lipinski definition) is 3. The molecule has 0 aromatic heterocycles. The van der Waals surface area contributed by atoms with E-state index in [9.17, 15) is 4.79 Å². The van der Waals surface area contributed by atoms with Gasteiger partial charge in [0.05, 0.1) is 6.61 Å². The van der Waals surface area contributed by atoms with Gasteiger partial charge in [0, 0.05) is 44.9 Å². The van der Waals surface area contributed by atoms with Crippen LogP contribution in [-0.2, 0) is 16.0 Å². The highest BCUT2D eigenvalue weighted by atomic mass is 127. The van der Waals surface area contributed by atoms with Gasteiger partial charge < -0.3 is 19.9 Å². The van der Waals surface area contributed by atoms with Crippen LogP contribution in [0.15, 0.2) is 29.3 Å². The van der Waals surface area contributed by atoms with Crippen LogP contribution in [0, 0.1) is 5.92 Å². The van der Waals surface area contributed by atoms with Crippen molar-refractivity contribution in [1.29, 1.82) is 0 Å². The monoisotopic (exact) mass is 486 g/mol. The van der Waals surface area contributed by atoms with Crippen molar-refractivity contribution in [3.63, 3.8) is 0 Å². The molecule has 0 bridgehead atoms. The normalized spacial score (nSPS) is 19.5. The lowest BCUT2D eigenvalue weighted by Gasteiger charge is -2.29. The average Bonchev–Trinajstić information content (AvgIpc) is 3.13. The maximum Gasteiger partial charge on any atom is 0.248 e. The van der Waals surface area contributed by atoms with Crippen molar-refractivity contribution < 1.29 is 9.53 Å². The highest BCUT2D eigenvalue weighted by Crippen LogP contribution is 2.26. The van der Waals surface area contributed by atoms with E-state index < -0.39 is 0 Å². The average molecular weight is 486 g/mol. The number of rotatable bonds is 5. The first-order chi connectivity index (χ1) is 12.7. The Balaban J connectivity index is 0.00000261. The number of aryl methyl sites for hydroxylation is 1. The summed E-state index contributed by atoms with van der Waals surface area (Å²) in [6, 6.07) is 8.19. The molecule has 1 amide bonds. The van der Waals surface area contributed by atoms with Gasteiger partial charge in [-0.1, -0.05) is 18.2 Å². The number of carbonyl (C=O) groups is 1. The van der Waals surface area contributed by atoms with Crippen LogP contribution in [-0.4, -0.2) is 63.2 Å². The van der Waals surface area contributed by atoms with Gasteiger partial charge in [-0.25, -0.2) is 4.99 Å². The van der Waals surface area contributed by atoms with Gasteiger partial charge in [0.25, 0.3) is 0 Å². The lowest BCUT2D eigenvalue weighted by Crippen LogP contribution is -2.42. The van der Waals surface area contributed by atoms with Gasteiger partial charge in [-0.3, -0.25) is 4.79 Å². The Labute approximate surface area is 179 Å². The van der Waals surface area contributed by atoms with E-state index in [2.05, 4.69) is 28.2 Å². The lowest BCUT2D eigenvalue weighted by atomic mass is 10.0. The molecule has 0 radical (unpaired) electrons. The van der Waals surface area contributed by atoms with Crippen molar-refractivity contribution in [1.82, 2.24) is 10.2 Å². The molecule has 1 unspecified atom stereocenters. The minimum Gasteiger partial charge on any atom is -0.384 e. The van der Waals surface area contributed by atoms with Gasteiger partial charge in [-0.2, -0.15) is 0 Å². The third-order valence-electron chi connectivity index (χ3n) is 5.10. The van der Waals surface area contributed by atoms with Crippen LogP contribution in [0.4, 0.5) is 5.69 Å². The summed E-state index contributed by atoms with van der Waals surface area (Å²) in [5.41, 5.74) is 2.30. The van der Waals surface area contributed by atoms with Gasteiger partial charge in [0.1, 0.15) is 6.54 Å². The number of aliphatic imine (C=N–C) groups is 1. The van der Waals surface area contributed by atoms with Crippen LogP contribution in [0.25, 0.3) is 0 Å². The van der Waals surface area contributed by atoms with Crippen LogP contribution in [0.3, 0.4) is 0 Å². The molecular formula is C20H31IN4O2. The van der Waals surface area contributed by atoms with Gasteiger partial charge in [0.2, 0.25) is 5.91 Å². The molecule has 0 aliphatic carbocycles. The number of carbonyl (C=O) groups excluding carboxylic acids is 1. The number of likely N-dealkylation sites (tertiary alicyclic amines) is 1. The minimum atomic E-state index is 0. The molecule has 1 aromatic carbocycles. The predicted molar refractivity (Wildman–Crippen MR) is 120 cm³/mol. The van der Waals surface area contributed by atoms with E-state index in [-0.39, 0.29) is 36.4 Å². The molecule has 2 aliphatic heterocycles. The summed E-state index contributed by atoms with van der Waals surface area (Å²) in [4.78, 5) is 21.6. The van der Waals surface area contributed by atoms with E-state index in [1.807, 2.05) is 23.1 Å². The number of benzene rings is 1. The molecule has 1 aromatic rings. The minimum absolute atomic E-state index is 0. The van der Waals surface area contributed by atoms with Crippen molar-refractivity contribution >= 4 is 41.5 Å². The van der Waals surface area contributed by atoms with Gasteiger partial charge in [0.15, 0.2) is 5.96 Å². The van der Waals surface area contributed by atoms with Crippen molar-refractivity contribution in [3.8, 4) is 0 Å².